The first-order chi connectivity index (χ1) is 11.4. The second-order valence-electron chi connectivity index (χ2n) is 6.08. The molecule has 1 amide bonds. The minimum atomic E-state index is -0.0980. The van der Waals surface area contributed by atoms with Crippen molar-refractivity contribution in [3.63, 3.8) is 0 Å². The molecule has 1 aromatic carbocycles. The average molecular weight is 330 g/mol. The molecular weight excluding hydrogens is 304 g/mol. The molecule has 0 saturated carbocycles. The van der Waals surface area contributed by atoms with Gasteiger partial charge in [-0.1, -0.05) is 11.6 Å². The lowest BCUT2D eigenvalue weighted by Crippen LogP contribution is -2.30. The first-order valence-electron chi connectivity index (χ1n) is 8.09. The number of nitrogens with zero attached hydrogens (tertiary/aromatic N) is 2. The maximum atomic E-state index is 13.0. The quantitative estimate of drug-likeness (QED) is 0.852. The van der Waals surface area contributed by atoms with Crippen molar-refractivity contribution in [3.05, 3.63) is 46.3 Å². The van der Waals surface area contributed by atoms with Gasteiger partial charge in [-0.05, 0) is 39.8 Å². The van der Waals surface area contributed by atoms with Crippen molar-refractivity contribution in [2.75, 3.05) is 20.2 Å². The van der Waals surface area contributed by atoms with Crippen LogP contribution >= 0.6 is 0 Å². The maximum Gasteiger partial charge on any atom is 0.257 e. The summed E-state index contributed by atoms with van der Waals surface area (Å²) in [4.78, 5) is 14.7. The average Bonchev–Trinajstić information content (AvgIpc) is 2.90. The number of H-pyrrole nitrogens is 1. The number of carbonyl (C=O) groups is 1. The predicted octanol–water partition coefficient (Wildman–Crippen LogP) is 2.51. The normalized spacial score (nSPS) is 12.1. The largest absolute Gasteiger partial charge is 0.491 e. The van der Waals surface area contributed by atoms with Crippen molar-refractivity contribution in [2.45, 2.75) is 33.7 Å². The maximum absolute atomic E-state index is 13.0. The highest BCUT2D eigenvalue weighted by molar-refractivity contribution is 5.97. The van der Waals surface area contributed by atoms with Gasteiger partial charge in [-0.15, -0.1) is 0 Å². The summed E-state index contributed by atoms with van der Waals surface area (Å²) in [6.45, 7) is 8.64. The van der Waals surface area contributed by atoms with Crippen LogP contribution in [0.4, 0.5) is 0 Å². The Bertz CT molecular complexity index is 704. The topological polar surface area (TPSA) is 84.2 Å². The van der Waals surface area contributed by atoms with E-state index in [2.05, 4.69) is 10.2 Å². The lowest BCUT2D eigenvalue weighted by molar-refractivity contribution is 0.0737. The van der Waals surface area contributed by atoms with Crippen molar-refractivity contribution in [1.29, 1.82) is 0 Å². The zero-order valence-electron chi connectivity index (χ0n) is 15.0. The van der Waals surface area contributed by atoms with Gasteiger partial charge in [0.2, 0.25) is 0 Å². The monoisotopic (exact) mass is 330 g/mol. The summed E-state index contributed by atoms with van der Waals surface area (Å²) < 4.78 is 5.64. The molecule has 6 nitrogen and oxygen atoms in total. The highest BCUT2D eigenvalue weighted by Gasteiger charge is 2.25. The zero-order valence-corrected chi connectivity index (χ0v) is 15.0. The Balaban J connectivity index is 2.32. The Morgan fingerprint density at radius 3 is 2.67 bits per heavy atom. The molecule has 6 heteroatoms. The lowest BCUT2D eigenvalue weighted by atomic mass is 10.0. The van der Waals surface area contributed by atoms with Gasteiger partial charge in [0, 0.05) is 24.8 Å². The van der Waals surface area contributed by atoms with Crippen molar-refractivity contribution >= 4 is 5.91 Å². The molecule has 0 fully saturated rings. The molecule has 0 bridgehead atoms. The van der Waals surface area contributed by atoms with Crippen molar-refractivity contribution in [3.8, 4) is 5.75 Å². The van der Waals surface area contributed by atoms with Gasteiger partial charge in [0.1, 0.15) is 12.4 Å². The third-order valence-corrected chi connectivity index (χ3v) is 4.25. The fourth-order valence-corrected chi connectivity index (χ4v) is 2.84. The number of nitrogens with two attached hydrogens (primary N) is 1. The molecule has 0 aliphatic heterocycles. The summed E-state index contributed by atoms with van der Waals surface area (Å²) in [5.41, 5.74) is 9.99. The smallest absolute Gasteiger partial charge is 0.257 e. The Kier molecular flexibility index (Phi) is 5.62. The van der Waals surface area contributed by atoms with Gasteiger partial charge in [-0.3, -0.25) is 9.89 Å². The van der Waals surface area contributed by atoms with Gasteiger partial charge in [-0.25, -0.2) is 0 Å². The van der Waals surface area contributed by atoms with E-state index in [1.54, 1.807) is 11.9 Å². The van der Waals surface area contributed by atoms with E-state index >= 15 is 0 Å². The molecule has 2 rings (SSSR count). The molecule has 0 unspecified atom stereocenters. The second kappa shape index (κ2) is 7.49. The molecule has 130 valence electrons. The Morgan fingerprint density at radius 2 is 2.08 bits per heavy atom. The predicted molar refractivity (Wildman–Crippen MR) is 94.3 cm³/mol. The summed E-state index contributed by atoms with van der Waals surface area (Å²) in [5.74, 6) is 0.481. The molecule has 24 heavy (non-hydrogen) atoms. The number of carbonyl (C=O) groups excluding carboxylic acids is 1. The van der Waals surface area contributed by atoms with Crippen molar-refractivity contribution in [2.24, 2.45) is 5.73 Å². The number of ether oxygens (including phenoxy) is 1. The molecular formula is C18H26N4O2. The number of amides is 1. The third-order valence-electron chi connectivity index (χ3n) is 4.25. The van der Waals surface area contributed by atoms with Crippen LogP contribution in [0, 0.1) is 20.8 Å². The van der Waals surface area contributed by atoms with E-state index in [9.17, 15) is 4.79 Å². The van der Waals surface area contributed by atoms with Crippen LogP contribution in [0.1, 0.15) is 45.8 Å². The van der Waals surface area contributed by atoms with E-state index in [-0.39, 0.29) is 11.9 Å². The fraction of sp³-hybridized carbons (Fsp3) is 0.444. The van der Waals surface area contributed by atoms with Crippen LogP contribution in [0.15, 0.2) is 18.2 Å². The Morgan fingerprint density at radius 1 is 1.38 bits per heavy atom. The van der Waals surface area contributed by atoms with E-state index < -0.39 is 0 Å². The third kappa shape index (κ3) is 3.59. The highest BCUT2D eigenvalue weighted by Crippen LogP contribution is 2.28. The van der Waals surface area contributed by atoms with Gasteiger partial charge < -0.3 is 15.4 Å². The second-order valence-corrected chi connectivity index (χ2v) is 6.08. The molecule has 0 saturated heterocycles. The SMILES string of the molecule is Cc1ccc(OCCN)c(C(=O)N(C)[C@@H](C)c2c(C)n[nH]c2C)c1. The Hall–Kier alpha value is -2.34. The van der Waals surface area contributed by atoms with Crippen LogP contribution in [0.3, 0.4) is 0 Å². The van der Waals surface area contributed by atoms with Gasteiger partial charge in [0.25, 0.3) is 5.91 Å². The van der Waals surface area contributed by atoms with Crippen LogP contribution in [-0.4, -0.2) is 41.2 Å². The highest BCUT2D eigenvalue weighted by atomic mass is 16.5. The minimum Gasteiger partial charge on any atom is -0.491 e. The van der Waals surface area contributed by atoms with Crippen LogP contribution < -0.4 is 10.5 Å². The molecule has 0 radical (unpaired) electrons. The van der Waals surface area contributed by atoms with Crippen molar-refractivity contribution in [1.82, 2.24) is 15.1 Å². The number of nitrogens with one attached hydrogen (secondary N) is 1. The Labute approximate surface area is 143 Å². The number of benzene rings is 1. The first-order valence-corrected chi connectivity index (χ1v) is 8.09. The van der Waals surface area contributed by atoms with Gasteiger partial charge in [0.05, 0.1) is 17.3 Å². The summed E-state index contributed by atoms with van der Waals surface area (Å²) >= 11 is 0. The summed E-state index contributed by atoms with van der Waals surface area (Å²) in [6.07, 6.45) is 0. The van der Waals surface area contributed by atoms with Crippen LogP contribution in [0.25, 0.3) is 0 Å². The number of aromatic nitrogens is 2. The molecule has 0 aliphatic carbocycles. The number of hydrogen-bond donors (Lipinski definition) is 2. The number of hydrogen-bond acceptors (Lipinski definition) is 4. The van der Waals surface area contributed by atoms with Crippen LogP contribution in [0.2, 0.25) is 0 Å². The van der Waals surface area contributed by atoms with Crippen LogP contribution in [-0.2, 0) is 0 Å². The summed E-state index contributed by atoms with van der Waals surface area (Å²) in [6, 6.07) is 5.51. The summed E-state index contributed by atoms with van der Waals surface area (Å²) in [7, 11) is 1.80. The number of rotatable bonds is 6. The van der Waals surface area contributed by atoms with Crippen LogP contribution in [0.5, 0.6) is 5.75 Å². The molecule has 1 aromatic heterocycles. The molecule has 2 aromatic rings. The van der Waals surface area contributed by atoms with E-state index in [1.807, 2.05) is 45.9 Å². The van der Waals surface area contributed by atoms with E-state index in [0.717, 1.165) is 22.5 Å². The fourth-order valence-electron chi connectivity index (χ4n) is 2.84. The lowest BCUT2D eigenvalue weighted by Gasteiger charge is -2.26. The van der Waals surface area contributed by atoms with E-state index in [0.29, 0.717) is 24.5 Å². The first kappa shape index (κ1) is 18.0. The van der Waals surface area contributed by atoms with E-state index in [4.69, 9.17) is 10.5 Å². The van der Waals surface area contributed by atoms with Crippen molar-refractivity contribution < 1.29 is 9.53 Å². The molecule has 1 heterocycles. The minimum absolute atomic E-state index is 0.0850. The molecule has 0 aliphatic rings. The van der Waals surface area contributed by atoms with Gasteiger partial charge in [0.15, 0.2) is 0 Å². The van der Waals surface area contributed by atoms with Gasteiger partial charge in [-0.2, -0.15) is 5.10 Å². The molecule has 0 spiro atoms. The molecule has 3 N–H and O–H groups in total. The standard InChI is InChI=1S/C18H26N4O2/c1-11-6-7-16(24-9-8-19)15(10-11)18(23)22(5)14(4)17-12(2)20-21-13(17)3/h6-7,10,14H,8-9,19H2,1-5H3,(H,20,21)/t14-/m0/s1. The summed E-state index contributed by atoms with van der Waals surface area (Å²) in [5, 5.41) is 7.20. The van der Waals surface area contributed by atoms with E-state index in [1.165, 1.54) is 0 Å². The number of aromatic amines is 1. The number of aryl methyl sites for hydroxylation is 3. The van der Waals surface area contributed by atoms with Gasteiger partial charge >= 0.3 is 0 Å². The molecule has 1 atom stereocenters. The zero-order chi connectivity index (χ0) is 17.9.